The van der Waals surface area contributed by atoms with E-state index in [9.17, 15) is 20.4 Å². The number of hydrogen-bond donors (Lipinski definition) is 4. The highest BCUT2D eigenvalue weighted by molar-refractivity contribution is 5.19. The van der Waals surface area contributed by atoms with Gasteiger partial charge in [0.05, 0.1) is 18.8 Å². The fraction of sp³-hybridized carbons (Fsp3) is 0.600. The van der Waals surface area contributed by atoms with Crippen LogP contribution in [0.15, 0.2) is 30.3 Å². The van der Waals surface area contributed by atoms with Gasteiger partial charge in [-0.15, -0.1) is 0 Å². The molecule has 20 heavy (non-hydrogen) atoms. The second kappa shape index (κ2) is 6.65. The number of β-amino-alcohol motifs (C(OH)–C–C–N with tert-alkyl or cyclic N) is 1. The van der Waals surface area contributed by atoms with Gasteiger partial charge in [0.25, 0.3) is 0 Å². The molecule has 5 atom stereocenters. The van der Waals surface area contributed by atoms with E-state index < -0.39 is 24.4 Å². The second-order valence-corrected chi connectivity index (χ2v) is 5.56. The van der Waals surface area contributed by atoms with E-state index in [-0.39, 0.29) is 19.1 Å². The van der Waals surface area contributed by atoms with Crippen molar-refractivity contribution in [2.24, 2.45) is 0 Å². The molecule has 1 aliphatic rings. The fourth-order valence-corrected chi connectivity index (χ4v) is 2.83. The first-order valence-electron chi connectivity index (χ1n) is 6.98. The molecule has 4 N–H and O–H groups in total. The van der Waals surface area contributed by atoms with Gasteiger partial charge in [-0.3, -0.25) is 4.90 Å². The highest BCUT2D eigenvalue weighted by Gasteiger charge is 2.41. The molecule has 1 heterocycles. The fourth-order valence-electron chi connectivity index (χ4n) is 2.83. The third-order valence-electron chi connectivity index (χ3n) is 4.09. The number of piperidine rings is 1. The first kappa shape index (κ1) is 15.4. The van der Waals surface area contributed by atoms with Crippen LogP contribution in [0.3, 0.4) is 0 Å². The predicted octanol–water partition coefficient (Wildman–Crippen LogP) is -0.451. The summed E-state index contributed by atoms with van der Waals surface area (Å²) >= 11 is 0. The van der Waals surface area contributed by atoms with E-state index in [1.807, 2.05) is 35.2 Å². The largest absolute Gasteiger partial charge is 0.395 e. The van der Waals surface area contributed by atoms with Crippen molar-refractivity contribution in [3.8, 4) is 0 Å². The highest BCUT2D eigenvalue weighted by atomic mass is 16.4. The van der Waals surface area contributed by atoms with E-state index in [1.54, 1.807) is 0 Å². The molecule has 1 aromatic rings. The summed E-state index contributed by atoms with van der Waals surface area (Å²) in [7, 11) is 0. The Morgan fingerprint density at radius 3 is 2.40 bits per heavy atom. The minimum Gasteiger partial charge on any atom is -0.395 e. The van der Waals surface area contributed by atoms with Crippen molar-refractivity contribution in [3.63, 3.8) is 0 Å². The van der Waals surface area contributed by atoms with Gasteiger partial charge in [0.1, 0.15) is 12.2 Å². The molecule has 2 rings (SSSR count). The number of benzene rings is 1. The van der Waals surface area contributed by atoms with Crippen molar-refractivity contribution < 1.29 is 20.4 Å². The molecular weight excluding hydrogens is 258 g/mol. The summed E-state index contributed by atoms with van der Waals surface area (Å²) in [4.78, 5) is 1.85. The second-order valence-electron chi connectivity index (χ2n) is 5.56. The van der Waals surface area contributed by atoms with Gasteiger partial charge in [0.15, 0.2) is 0 Å². The number of rotatable bonds is 4. The van der Waals surface area contributed by atoms with Crippen LogP contribution in [-0.2, 0) is 0 Å². The Hall–Kier alpha value is -0.980. The lowest BCUT2D eigenvalue weighted by atomic mass is 9.92. The van der Waals surface area contributed by atoms with Gasteiger partial charge in [0, 0.05) is 13.1 Å². The quantitative estimate of drug-likeness (QED) is 0.601. The maximum absolute atomic E-state index is 9.95. The lowest BCUT2D eigenvalue weighted by molar-refractivity contribution is -0.145. The zero-order valence-electron chi connectivity index (χ0n) is 11.6. The molecule has 1 fully saturated rings. The summed E-state index contributed by atoms with van der Waals surface area (Å²) in [6.45, 7) is 2.68. The van der Waals surface area contributed by atoms with Crippen LogP contribution < -0.4 is 0 Å². The van der Waals surface area contributed by atoms with Crippen LogP contribution in [0.4, 0.5) is 0 Å². The molecule has 112 valence electrons. The van der Waals surface area contributed by atoms with Gasteiger partial charge in [-0.25, -0.2) is 0 Å². The third-order valence-corrected chi connectivity index (χ3v) is 4.09. The summed E-state index contributed by atoms with van der Waals surface area (Å²) in [6, 6.07) is 9.42. The van der Waals surface area contributed by atoms with Crippen molar-refractivity contribution in [1.29, 1.82) is 0 Å². The van der Waals surface area contributed by atoms with E-state index in [0.717, 1.165) is 0 Å². The smallest absolute Gasteiger partial charge is 0.109 e. The summed E-state index contributed by atoms with van der Waals surface area (Å²) in [6.07, 6.45) is -3.32. The number of likely N-dealkylation sites (tertiary alicyclic amines) is 1. The Balaban J connectivity index is 2.07. The monoisotopic (exact) mass is 281 g/mol. The van der Waals surface area contributed by atoms with Crippen molar-refractivity contribution in [3.05, 3.63) is 35.9 Å². The molecule has 0 aromatic heterocycles. The molecule has 4 unspecified atom stereocenters. The lowest BCUT2D eigenvalue weighted by Crippen LogP contribution is -2.62. The SMILES string of the molecule is CC(CN1CC(O)C(O)C(O)[C@@H]1CO)c1ccccc1. The molecule has 1 saturated heterocycles. The predicted molar refractivity (Wildman–Crippen MR) is 75.3 cm³/mol. The molecule has 0 saturated carbocycles. The molecule has 1 aromatic carbocycles. The summed E-state index contributed by atoms with van der Waals surface area (Å²) in [5, 5.41) is 38.8. The minimum absolute atomic E-state index is 0.208. The zero-order chi connectivity index (χ0) is 14.7. The topological polar surface area (TPSA) is 84.2 Å². The van der Waals surface area contributed by atoms with Gasteiger partial charge in [-0.2, -0.15) is 0 Å². The first-order chi connectivity index (χ1) is 9.54. The molecule has 0 bridgehead atoms. The van der Waals surface area contributed by atoms with Gasteiger partial charge in [-0.1, -0.05) is 37.3 Å². The van der Waals surface area contributed by atoms with Crippen molar-refractivity contribution in [2.75, 3.05) is 19.7 Å². The lowest BCUT2D eigenvalue weighted by Gasteiger charge is -2.44. The molecule has 0 radical (unpaired) electrons. The zero-order valence-corrected chi connectivity index (χ0v) is 11.6. The van der Waals surface area contributed by atoms with Gasteiger partial charge in [0.2, 0.25) is 0 Å². The van der Waals surface area contributed by atoms with Crippen LogP contribution in [0, 0.1) is 0 Å². The van der Waals surface area contributed by atoms with Gasteiger partial charge >= 0.3 is 0 Å². The van der Waals surface area contributed by atoms with Crippen LogP contribution in [0.25, 0.3) is 0 Å². The number of aliphatic hydroxyl groups excluding tert-OH is 4. The maximum atomic E-state index is 9.95. The van der Waals surface area contributed by atoms with Crippen LogP contribution in [0.2, 0.25) is 0 Å². The van der Waals surface area contributed by atoms with E-state index in [2.05, 4.69) is 6.92 Å². The van der Waals surface area contributed by atoms with E-state index >= 15 is 0 Å². The number of hydrogen-bond acceptors (Lipinski definition) is 5. The van der Waals surface area contributed by atoms with Crippen molar-refractivity contribution >= 4 is 0 Å². The Kier molecular flexibility index (Phi) is 5.12. The molecule has 5 nitrogen and oxygen atoms in total. The molecule has 0 spiro atoms. The minimum atomic E-state index is -1.20. The molecule has 0 aliphatic carbocycles. The summed E-state index contributed by atoms with van der Waals surface area (Å²) in [5.74, 6) is 0.208. The molecular formula is C15H23NO4. The first-order valence-corrected chi connectivity index (χ1v) is 6.98. The van der Waals surface area contributed by atoms with Gasteiger partial charge in [-0.05, 0) is 11.5 Å². The van der Waals surface area contributed by atoms with Crippen LogP contribution in [0.5, 0.6) is 0 Å². The van der Waals surface area contributed by atoms with Crippen LogP contribution in [-0.4, -0.2) is 69.4 Å². The molecule has 1 aliphatic heterocycles. The van der Waals surface area contributed by atoms with Crippen molar-refractivity contribution in [1.82, 2.24) is 4.90 Å². The Bertz CT molecular complexity index is 414. The Morgan fingerprint density at radius 2 is 1.80 bits per heavy atom. The van der Waals surface area contributed by atoms with Gasteiger partial charge < -0.3 is 20.4 Å². The normalized spacial score (nSPS) is 33.0. The van der Waals surface area contributed by atoms with E-state index in [0.29, 0.717) is 6.54 Å². The summed E-state index contributed by atoms with van der Waals surface area (Å²) < 4.78 is 0. The maximum Gasteiger partial charge on any atom is 0.109 e. The van der Waals surface area contributed by atoms with Crippen molar-refractivity contribution in [2.45, 2.75) is 37.2 Å². The van der Waals surface area contributed by atoms with Crippen LogP contribution in [0.1, 0.15) is 18.4 Å². The van der Waals surface area contributed by atoms with Crippen LogP contribution >= 0.6 is 0 Å². The standard InChI is InChI=1S/C15H23NO4/c1-10(11-5-3-2-4-6-11)7-16-8-13(18)15(20)14(19)12(16)9-17/h2-6,10,12-15,17-20H,7-9H2,1H3/t10?,12-,13?,14?,15?/m0/s1. The summed E-state index contributed by atoms with van der Waals surface area (Å²) in [5.41, 5.74) is 1.17. The van der Waals surface area contributed by atoms with E-state index in [4.69, 9.17) is 0 Å². The Labute approximate surface area is 119 Å². The van der Waals surface area contributed by atoms with E-state index in [1.165, 1.54) is 5.56 Å². The molecule has 0 amide bonds. The average molecular weight is 281 g/mol. The number of nitrogens with zero attached hydrogens (tertiary/aromatic N) is 1. The third kappa shape index (κ3) is 3.19. The average Bonchev–Trinajstić information content (AvgIpc) is 2.46. The molecule has 5 heteroatoms. The Morgan fingerprint density at radius 1 is 1.15 bits per heavy atom. The highest BCUT2D eigenvalue weighted by Crippen LogP contribution is 2.23. The number of aliphatic hydroxyl groups is 4.